The van der Waals surface area contributed by atoms with E-state index >= 15 is 0 Å². The first-order chi connectivity index (χ1) is 13.3. The average molecular weight is 406 g/mol. The highest BCUT2D eigenvalue weighted by Crippen LogP contribution is 2.40. The number of carboxylic acids is 1. The molecule has 0 aromatic carbocycles. The molecule has 0 saturated carbocycles. The summed E-state index contributed by atoms with van der Waals surface area (Å²) in [5, 5.41) is 13.0. The Morgan fingerprint density at radius 1 is 1.04 bits per heavy atom. The molecule has 0 saturated heterocycles. The molecule has 7 heteroatoms. The number of carboxylic acid groups (broad SMARTS) is 1. The molecule has 2 atom stereocenters. The van der Waals surface area contributed by atoms with Crippen molar-refractivity contribution in [1.29, 1.82) is 0 Å². The monoisotopic (exact) mass is 405 g/mol. The number of esters is 1. The van der Waals surface area contributed by atoms with Crippen LogP contribution in [0.25, 0.3) is 0 Å². The Morgan fingerprint density at radius 2 is 1.68 bits per heavy atom. The number of carbonyl (C=O) groups excluding carboxylic acids is 2. The van der Waals surface area contributed by atoms with Crippen LogP contribution in [0.5, 0.6) is 0 Å². The van der Waals surface area contributed by atoms with Gasteiger partial charge in [0.2, 0.25) is 5.91 Å². The highest BCUT2D eigenvalue weighted by molar-refractivity contribution is 7.17. The number of aryl methyl sites for hydroxylation is 1. The van der Waals surface area contributed by atoms with E-state index < -0.39 is 23.8 Å². The van der Waals surface area contributed by atoms with Crippen molar-refractivity contribution in [2.75, 3.05) is 12.4 Å². The maximum Gasteiger partial charge on any atom is 0.341 e. The number of thiophene rings is 1. The molecule has 152 valence electrons. The summed E-state index contributed by atoms with van der Waals surface area (Å²) in [4.78, 5) is 38.3. The van der Waals surface area contributed by atoms with Crippen LogP contribution in [0, 0.1) is 11.8 Å². The average Bonchev–Trinajstić information content (AvgIpc) is 2.83. The number of ether oxygens (including phenoxy) is 1. The van der Waals surface area contributed by atoms with E-state index in [-0.39, 0.29) is 5.91 Å². The van der Waals surface area contributed by atoms with Crippen LogP contribution in [0.3, 0.4) is 0 Å². The van der Waals surface area contributed by atoms with Crippen molar-refractivity contribution in [2.24, 2.45) is 11.8 Å². The van der Waals surface area contributed by atoms with Crippen LogP contribution < -0.4 is 5.32 Å². The van der Waals surface area contributed by atoms with Gasteiger partial charge >= 0.3 is 11.9 Å². The Hall–Kier alpha value is -2.15. The Morgan fingerprint density at radius 3 is 2.32 bits per heavy atom. The van der Waals surface area contributed by atoms with Crippen molar-refractivity contribution in [3.05, 3.63) is 27.2 Å². The van der Waals surface area contributed by atoms with Crippen molar-refractivity contribution in [3.8, 4) is 0 Å². The summed E-state index contributed by atoms with van der Waals surface area (Å²) < 4.78 is 4.97. The maximum atomic E-state index is 13.0. The van der Waals surface area contributed by atoms with Crippen LogP contribution in [0.2, 0.25) is 0 Å². The molecule has 0 fully saturated rings. The van der Waals surface area contributed by atoms with Crippen LogP contribution >= 0.6 is 11.3 Å². The molecule has 28 heavy (non-hydrogen) atoms. The number of aliphatic carboxylic acids is 1. The predicted molar refractivity (Wildman–Crippen MR) is 108 cm³/mol. The zero-order valence-electron chi connectivity index (χ0n) is 16.6. The zero-order valence-corrected chi connectivity index (χ0v) is 17.4. The van der Waals surface area contributed by atoms with Gasteiger partial charge in [-0.25, -0.2) is 4.79 Å². The smallest absolute Gasteiger partial charge is 0.341 e. The molecule has 1 amide bonds. The predicted octanol–water partition coefficient (Wildman–Crippen LogP) is 4.19. The Balaban J connectivity index is 1.91. The van der Waals surface area contributed by atoms with Gasteiger partial charge in [0.15, 0.2) is 0 Å². The standard InChI is InChI=1S/C21H27NO5S/c1-11-9-14(15(20(24)25)10-12(11)2)18(23)22-19-17(21(26)27-3)13-7-5-4-6-8-16(13)28-19/h14-15H,4-10H2,1-3H3,(H,22,23)(H,24,25)/t14-,15-/m1/s1. The van der Waals surface area contributed by atoms with E-state index in [9.17, 15) is 19.5 Å². The molecule has 1 aromatic rings. The van der Waals surface area contributed by atoms with Crippen LogP contribution in [0.1, 0.15) is 66.8 Å². The third-order valence-corrected chi connectivity index (χ3v) is 7.18. The van der Waals surface area contributed by atoms with E-state index in [4.69, 9.17) is 4.74 Å². The molecule has 0 radical (unpaired) electrons. The minimum Gasteiger partial charge on any atom is -0.481 e. The maximum absolute atomic E-state index is 13.0. The summed E-state index contributed by atoms with van der Waals surface area (Å²) in [5.41, 5.74) is 3.53. The van der Waals surface area contributed by atoms with Crippen molar-refractivity contribution in [3.63, 3.8) is 0 Å². The second kappa shape index (κ2) is 8.47. The Kier molecular flexibility index (Phi) is 6.23. The van der Waals surface area contributed by atoms with Gasteiger partial charge in [0.25, 0.3) is 0 Å². The van der Waals surface area contributed by atoms with Gasteiger partial charge in [-0.05, 0) is 57.9 Å². The molecule has 0 aliphatic heterocycles. The molecule has 2 N–H and O–H groups in total. The van der Waals surface area contributed by atoms with Crippen LogP contribution in [0.15, 0.2) is 11.1 Å². The molecule has 0 bridgehead atoms. The Labute approximate surface area is 169 Å². The molecule has 2 aliphatic carbocycles. The minimum absolute atomic E-state index is 0.333. The summed E-state index contributed by atoms with van der Waals surface area (Å²) in [6, 6.07) is 0. The van der Waals surface area contributed by atoms with Gasteiger partial charge in [-0.2, -0.15) is 0 Å². The summed E-state index contributed by atoms with van der Waals surface area (Å²) >= 11 is 1.43. The first-order valence-electron chi connectivity index (χ1n) is 9.75. The van der Waals surface area contributed by atoms with Crippen LogP contribution in [-0.4, -0.2) is 30.1 Å². The number of allylic oxidation sites excluding steroid dienone is 2. The Bertz CT molecular complexity index is 838. The van der Waals surface area contributed by atoms with E-state index in [1.165, 1.54) is 18.4 Å². The lowest BCUT2D eigenvalue weighted by Crippen LogP contribution is -2.36. The van der Waals surface area contributed by atoms with Crippen molar-refractivity contribution < 1.29 is 24.2 Å². The second-order valence-electron chi connectivity index (χ2n) is 7.77. The van der Waals surface area contributed by atoms with Gasteiger partial charge in [-0.1, -0.05) is 17.6 Å². The first-order valence-corrected chi connectivity index (χ1v) is 10.6. The fourth-order valence-corrected chi connectivity index (χ4v) is 5.46. The topological polar surface area (TPSA) is 92.7 Å². The van der Waals surface area contributed by atoms with E-state index in [2.05, 4.69) is 5.32 Å². The number of rotatable bonds is 4. The number of nitrogens with one attached hydrogen (secondary N) is 1. The van der Waals surface area contributed by atoms with Gasteiger partial charge in [-0.15, -0.1) is 11.3 Å². The molecule has 6 nitrogen and oxygen atoms in total. The number of carbonyl (C=O) groups is 3. The lowest BCUT2D eigenvalue weighted by molar-refractivity contribution is -0.146. The van der Waals surface area contributed by atoms with Gasteiger partial charge in [0.1, 0.15) is 5.00 Å². The number of anilines is 1. The summed E-state index contributed by atoms with van der Waals surface area (Å²) in [5.74, 6) is -3.13. The fraction of sp³-hybridized carbons (Fsp3) is 0.571. The van der Waals surface area contributed by atoms with Crippen LogP contribution in [0.4, 0.5) is 5.00 Å². The highest BCUT2D eigenvalue weighted by atomic mass is 32.1. The number of hydrogen-bond donors (Lipinski definition) is 2. The lowest BCUT2D eigenvalue weighted by Gasteiger charge is -2.29. The molecular formula is C21H27NO5S. The summed E-state index contributed by atoms with van der Waals surface area (Å²) in [6.07, 6.45) is 5.69. The third kappa shape index (κ3) is 3.99. The first kappa shape index (κ1) is 20.6. The van der Waals surface area contributed by atoms with Crippen molar-refractivity contribution >= 4 is 34.2 Å². The van der Waals surface area contributed by atoms with Gasteiger partial charge in [-0.3, -0.25) is 9.59 Å². The molecule has 1 aromatic heterocycles. The number of amides is 1. The van der Waals surface area contributed by atoms with Gasteiger partial charge in [0, 0.05) is 4.88 Å². The zero-order chi connectivity index (χ0) is 20.4. The largest absolute Gasteiger partial charge is 0.481 e. The number of fused-ring (bicyclic) bond motifs is 1. The van der Waals surface area contributed by atoms with Gasteiger partial charge in [0.05, 0.1) is 24.5 Å². The van der Waals surface area contributed by atoms with Crippen molar-refractivity contribution in [1.82, 2.24) is 0 Å². The third-order valence-electron chi connectivity index (χ3n) is 5.97. The quantitative estimate of drug-likeness (QED) is 0.445. The molecular weight excluding hydrogens is 378 g/mol. The SMILES string of the molecule is COC(=O)c1c(NC(=O)[C@@H]2CC(C)=C(C)C[C@H]2C(=O)O)sc2c1CCCCC2. The highest BCUT2D eigenvalue weighted by Gasteiger charge is 2.38. The molecule has 3 rings (SSSR count). The second-order valence-corrected chi connectivity index (χ2v) is 8.87. The van der Waals surface area contributed by atoms with Crippen molar-refractivity contribution in [2.45, 2.75) is 58.8 Å². The normalized spacial score (nSPS) is 22.2. The van der Waals surface area contributed by atoms with Crippen LogP contribution in [-0.2, 0) is 27.2 Å². The molecule has 2 aliphatic rings. The molecule has 0 unspecified atom stereocenters. The summed E-state index contributed by atoms with van der Waals surface area (Å²) in [6.45, 7) is 3.87. The fourth-order valence-electron chi connectivity index (χ4n) is 4.18. The number of hydrogen-bond acceptors (Lipinski definition) is 5. The van der Waals surface area contributed by atoms with E-state index in [0.29, 0.717) is 23.4 Å². The van der Waals surface area contributed by atoms with E-state index in [0.717, 1.165) is 53.7 Å². The van der Waals surface area contributed by atoms with E-state index in [1.54, 1.807) is 0 Å². The van der Waals surface area contributed by atoms with E-state index in [1.807, 2.05) is 13.8 Å². The molecule has 0 spiro atoms. The molecule has 1 heterocycles. The lowest BCUT2D eigenvalue weighted by atomic mass is 9.76. The summed E-state index contributed by atoms with van der Waals surface area (Å²) in [7, 11) is 1.34. The van der Waals surface area contributed by atoms with Gasteiger partial charge < -0.3 is 15.2 Å². The number of methoxy groups -OCH3 is 1. The minimum atomic E-state index is -0.956.